The molecule has 196 valence electrons. The molecule has 2 amide bonds. The Bertz CT molecular complexity index is 1510. The molecule has 1 aliphatic heterocycles. The number of aryl methyl sites for hydroxylation is 2. The summed E-state index contributed by atoms with van der Waals surface area (Å²) in [6.45, 7) is 6.16. The number of nitrogens with zero attached hydrogens (tertiary/aromatic N) is 2. The van der Waals surface area contributed by atoms with E-state index in [9.17, 15) is 19.5 Å². The van der Waals surface area contributed by atoms with Crippen molar-refractivity contribution < 1.29 is 24.2 Å². The van der Waals surface area contributed by atoms with E-state index in [4.69, 9.17) is 17.0 Å². The maximum absolute atomic E-state index is 13.5. The number of hydrogen-bond donors (Lipinski definition) is 2. The molecular formula is C28H27N3O5S2. The predicted molar refractivity (Wildman–Crippen MR) is 151 cm³/mol. The number of thiophene rings is 1. The van der Waals surface area contributed by atoms with E-state index in [1.54, 1.807) is 30.3 Å². The highest BCUT2D eigenvalue weighted by atomic mass is 32.1. The number of fused-ring (bicyclic) bond motifs is 1. The monoisotopic (exact) mass is 549 g/mol. The van der Waals surface area contributed by atoms with Crippen molar-refractivity contribution >= 4 is 58.2 Å². The molecule has 1 aliphatic carbocycles. The molecule has 0 unspecified atom stereocenters. The average molecular weight is 550 g/mol. The second-order valence-corrected chi connectivity index (χ2v) is 10.7. The number of rotatable bonds is 6. The number of anilines is 1. The van der Waals surface area contributed by atoms with Crippen LogP contribution in [0.25, 0.3) is 11.1 Å². The number of carbonyl (C=O) groups is 3. The predicted octanol–water partition coefficient (Wildman–Crippen LogP) is 4.96. The number of aromatic carboxylic acids is 1. The van der Waals surface area contributed by atoms with Crippen LogP contribution in [0, 0.1) is 13.8 Å². The first-order valence-corrected chi connectivity index (χ1v) is 13.6. The van der Waals surface area contributed by atoms with Gasteiger partial charge in [0.05, 0.1) is 17.9 Å². The van der Waals surface area contributed by atoms with Crippen molar-refractivity contribution in [2.75, 3.05) is 11.5 Å². The highest BCUT2D eigenvalue weighted by molar-refractivity contribution is 7.80. The molecule has 1 saturated heterocycles. The Labute approximate surface area is 229 Å². The van der Waals surface area contributed by atoms with E-state index in [1.165, 1.54) is 16.2 Å². The van der Waals surface area contributed by atoms with Crippen LogP contribution < -0.4 is 15.0 Å². The number of aromatic nitrogens is 1. The molecule has 38 heavy (non-hydrogen) atoms. The summed E-state index contributed by atoms with van der Waals surface area (Å²) >= 11 is 6.83. The molecule has 2 aliphatic rings. The lowest BCUT2D eigenvalue weighted by molar-refractivity contribution is -0.122. The first kappa shape index (κ1) is 25.9. The lowest BCUT2D eigenvalue weighted by Gasteiger charge is -2.29. The van der Waals surface area contributed by atoms with Crippen molar-refractivity contribution in [3.63, 3.8) is 0 Å². The van der Waals surface area contributed by atoms with Crippen molar-refractivity contribution in [3.8, 4) is 10.8 Å². The maximum Gasteiger partial charge on any atom is 0.339 e. The summed E-state index contributed by atoms with van der Waals surface area (Å²) in [5.41, 5.74) is 3.95. The molecule has 2 N–H and O–H groups in total. The van der Waals surface area contributed by atoms with E-state index in [2.05, 4.69) is 5.32 Å². The van der Waals surface area contributed by atoms with Gasteiger partial charge in [-0.15, -0.1) is 11.3 Å². The standard InChI is InChI=1S/C28H27N3O5S2/c1-4-36-19-11-9-18(10-12-19)31-25(33)21(24(32)29-28(31)37)14-17-13-15(2)30(16(17)3)26-23(27(34)35)20-7-5-6-8-22(20)38-26/h9-14H,4-8H2,1-3H3,(H,34,35)(H,29,32,37)/b21-14+. The normalized spacial score (nSPS) is 16.6. The van der Waals surface area contributed by atoms with Gasteiger partial charge < -0.3 is 14.4 Å². The molecule has 10 heteroatoms. The maximum atomic E-state index is 13.5. The summed E-state index contributed by atoms with van der Waals surface area (Å²) in [5.74, 6) is -1.39. The summed E-state index contributed by atoms with van der Waals surface area (Å²) < 4.78 is 7.39. The lowest BCUT2D eigenvalue weighted by atomic mass is 9.95. The minimum Gasteiger partial charge on any atom is -0.494 e. The number of carboxylic acid groups (broad SMARTS) is 1. The van der Waals surface area contributed by atoms with Crippen LogP contribution in [0.1, 0.15) is 57.5 Å². The van der Waals surface area contributed by atoms with E-state index in [-0.39, 0.29) is 10.7 Å². The molecule has 3 heterocycles. The third-order valence-corrected chi connectivity index (χ3v) is 8.41. The van der Waals surface area contributed by atoms with Crippen LogP contribution >= 0.6 is 23.6 Å². The number of hydrogen-bond acceptors (Lipinski definition) is 6. The van der Waals surface area contributed by atoms with Crippen LogP contribution in [0.3, 0.4) is 0 Å². The summed E-state index contributed by atoms with van der Waals surface area (Å²) in [5, 5.41) is 13.3. The quantitative estimate of drug-likeness (QED) is 0.256. The third kappa shape index (κ3) is 4.43. The Balaban J connectivity index is 1.54. The molecule has 0 spiro atoms. The molecule has 5 rings (SSSR count). The topological polar surface area (TPSA) is 101 Å². The second kappa shape index (κ2) is 10.2. The Kier molecular flexibility index (Phi) is 6.93. The number of benzene rings is 1. The lowest BCUT2D eigenvalue weighted by Crippen LogP contribution is -2.54. The van der Waals surface area contributed by atoms with Crippen LogP contribution in [0.4, 0.5) is 5.69 Å². The Morgan fingerprint density at radius 3 is 2.58 bits per heavy atom. The molecule has 3 aromatic rings. The zero-order valence-corrected chi connectivity index (χ0v) is 22.9. The van der Waals surface area contributed by atoms with Gasteiger partial charge in [-0.25, -0.2) is 4.79 Å². The number of amides is 2. The fraction of sp³-hybridized carbons (Fsp3) is 0.286. The molecule has 2 aromatic heterocycles. The molecule has 0 radical (unpaired) electrons. The van der Waals surface area contributed by atoms with Crippen molar-refractivity contribution in [2.45, 2.75) is 46.5 Å². The van der Waals surface area contributed by atoms with Gasteiger partial charge in [0.25, 0.3) is 11.8 Å². The number of nitrogens with one attached hydrogen (secondary N) is 1. The number of carboxylic acids is 1. The summed E-state index contributed by atoms with van der Waals surface area (Å²) in [7, 11) is 0. The van der Waals surface area contributed by atoms with E-state index >= 15 is 0 Å². The minimum atomic E-state index is -0.937. The largest absolute Gasteiger partial charge is 0.494 e. The van der Waals surface area contributed by atoms with E-state index in [1.807, 2.05) is 31.4 Å². The van der Waals surface area contributed by atoms with Crippen molar-refractivity contribution in [1.82, 2.24) is 9.88 Å². The first-order valence-electron chi connectivity index (χ1n) is 12.4. The van der Waals surface area contributed by atoms with Gasteiger partial charge in [0.15, 0.2) is 5.11 Å². The fourth-order valence-electron chi connectivity index (χ4n) is 5.08. The van der Waals surface area contributed by atoms with Gasteiger partial charge in [0.2, 0.25) is 0 Å². The Morgan fingerprint density at radius 1 is 1.18 bits per heavy atom. The molecule has 0 atom stereocenters. The molecule has 0 bridgehead atoms. The van der Waals surface area contributed by atoms with E-state index in [0.29, 0.717) is 34.2 Å². The van der Waals surface area contributed by atoms with Crippen molar-refractivity contribution in [3.05, 3.63) is 68.9 Å². The smallest absolute Gasteiger partial charge is 0.339 e. The molecule has 8 nitrogen and oxygen atoms in total. The van der Waals surface area contributed by atoms with Crippen LogP contribution in [0.15, 0.2) is 35.9 Å². The second-order valence-electron chi connectivity index (χ2n) is 9.24. The Morgan fingerprint density at radius 2 is 1.89 bits per heavy atom. The van der Waals surface area contributed by atoms with E-state index < -0.39 is 17.8 Å². The SMILES string of the molecule is CCOc1ccc(N2C(=O)/C(=C/c3cc(C)n(-c4sc5c(c4C(=O)O)CCCC5)c3C)C(=O)NC2=S)cc1. The third-order valence-electron chi connectivity index (χ3n) is 6.85. The van der Waals surface area contributed by atoms with Crippen LogP contribution in [0.5, 0.6) is 5.75 Å². The van der Waals surface area contributed by atoms with Gasteiger partial charge in [0.1, 0.15) is 16.3 Å². The zero-order valence-electron chi connectivity index (χ0n) is 21.3. The highest BCUT2D eigenvalue weighted by Gasteiger charge is 2.35. The van der Waals surface area contributed by atoms with Gasteiger partial charge in [-0.2, -0.15) is 0 Å². The van der Waals surface area contributed by atoms with Crippen LogP contribution in [-0.2, 0) is 22.4 Å². The summed E-state index contributed by atoms with van der Waals surface area (Å²) in [6.07, 6.45) is 5.23. The molecule has 1 fully saturated rings. The highest BCUT2D eigenvalue weighted by Crippen LogP contribution is 2.39. The number of thiocarbonyl (C=S) groups is 1. The van der Waals surface area contributed by atoms with Crippen LogP contribution in [-0.4, -0.2) is 39.2 Å². The fourth-order valence-corrected chi connectivity index (χ4v) is 6.85. The molecule has 1 aromatic carbocycles. The minimum absolute atomic E-state index is 0.00190. The molecule has 0 saturated carbocycles. The van der Waals surface area contributed by atoms with Crippen molar-refractivity contribution in [2.24, 2.45) is 0 Å². The number of carbonyl (C=O) groups excluding carboxylic acids is 2. The van der Waals surface area contributed by atoms with Gasteiger partial charge in [-0.3, -0.25) is 19.8 Å². The van der Waals surface area contributed by atoms with Gasteiger partial charge in [-0.1, -0.05) is 0 Å². The van der Waals surface area contributed by atoms with Crippen LogP contribution in [0.2, 0.25) is 0 Å². The summed E-state index contributed by atoms with van der Waals surface area (Å²) in [4.78, 5) is 41.1. The first-order chi connectivity index (χ1) is 18.2. The summed E-state index contributed by atoms with van der Waals surface area (Å²) in [6, 6.07) is 8.76. The van der Waals surface area contributed by atoms with Gasteiger partial charge in [0, 0.05) is 16.3 Å². The Hall–Kier alpha value is -3.76. The van der Waals surface area contributed by atoms with Crippen molar-refractivity contribution in [1.29, 1.82) is 0 Å². The van der Waals surface area contributed by atoms with Gasteiger partial charge >= 0.3 is 5.97 Å². The average Bonchev–Trinajstić information content (AvgIpc) is 3.38. The number of ether oxygens (including phenoxy) is 1. The zero-order chi connectivity index (χ0) is 27.1. The van der Waals surface area contributed by atoms with E-state index in [0.717, 1.165) is 47.5 Å². The van der Waals surface area contributed by atoms with Gasteiger partial charge in [-0.05, 0) is 106 Å². The molecular weight excluding hydrogens is 522 g/mol.